The van der Waals surface area contributed by atoms with Gasteiger partial charge >= 0.3 is 0 Å². The molecule has 0 saturated carbocycles. The Balaban J connectivity index is 1.55. The molecule has 0 spiro atoms. The number of benzene rings is 3. The van der Waals surface area contributed by atoms with Crippen molar-refractivity contribution >= 4 is 23.6 Å². The van der Waals surface area contributed by atoms with E-state index in [-0.39, 0.29) is 17.9 Å². The van der Waals surface area contributed by atoms with Gasteiger partial charge in [-0.1, -0.05) is 85.6 Å². The van der Waals surface area contributed by atoms with Crippen LogP contribution in [0.1, 0.15) is 53.6 Å². The first kappa shape index (κ1) is 32.3. The molecule has 0 aliphatic carbocycles. The Labute approximate surface area is 259 Å². The van der Waals surface area contributed by atoms with Gasteiger partial charge in [0.15, 0.2) is 0 Å². The van der Waals surface area contributed by atoms with Crippen LogP contribution in [-0.4, -0.2) is 67.4 Å². The minimum Gasteiger partial charge on any atom is -0.493 e. The summed E-state index contributed by atoms with van der Waals surface area (Å²) < 4.78 is 5.94. The van der Waals surface area contributed by atoms with Gasteiger partial charge in [0.2, 0.25) is 17.7 Å². The van der Waals surface area contributed by atoms with Crippen LogP contribution < -0.4 is 20.7 Å². The highest BCUT2D eigenvalue weighted by Gasteiger charge is 2.29. The maximum atomic E-state index is 13.5. The summed E-state index contributed by atoms with van der Waals surface area (Å²) in [5, 5.41) is 8.48. The molecule has 1 aliphatic heterocycles. The van der Waals surface area contributed by atoms with E-state index in [4.69, 9.17) is 4.74 Å². The van der Waals surface area contributed by atoms with E-state index in [1.165, 1.54) is 0 Å². The first-order valence-electron chi connectivity index (χ1n) is 15.3. The fourth-order valence-corrected chi connectivity index (χ4v) is 5.17. The zero-order valence-electron chi connectivity index (χ0n) is 25.3. The van der Waals surface area contributed by atoms with Gasteiger partial charge in [-0.15, -0.1) is 0 Å². The minimum absolute atomic E-state index is 0.200. The molecular weight excluding hydrogens is 556 g/mol. The molecule has 2 atom stereocenters. The molecule has 1 aliphatic rings. The van der Waals surface area contributed by atoms with Gasteiger partial charge in [0.25, 0.3) is 5.91 Å². The van der Waals surface area contributed by atoms with E-state index in [9.17, 15) is 19.2 Å². The Morgan fingerprint density at radius 2 is 1.50 bits per heavy atom. The Kier molecular flexibility index (Phi) is 12.3. The number of para-hydroxylation sites is 1. The highest BCUT2D eigenvalue weighted by molar-refractivity contribution is 6.01. The molecule has 9 heteroatoms. The molecule has 3 N–H and O–H groups in total. The minimum atomic E-state index is -1.17. The SMILES string of the molecule is CN1CCCCCCOc2ccccc2C(=O)N[C@H](C(=O)NCCc2ccccc2)CC(=O)N[C@@H](Cc2ccccc2)C1=O. The number of nitrogens with zero attached hydrogens (tertiary/aromatic N) is 1. The maximum absolute atomic E-state index is 13.5. The normalized spacial score (nSPS) is 18.9. The van der Waals surface area contributed by atoms with Crippen molar-refractivity contribution in [3.63, 3.8) is 0 Å². The highest BCUT2D eigenvalue weighted by atomic mass is 16.5. The number of rotatable bonds is 6. The zero-order chi connectivity index (χ0) is 31.1. The molecule has 0 unspecified atom stereocenters. The largest absolute Gasteiger partial charge is 0.493 e. The van der Waals surface area contributed by atoms with Gasteiger partial charge in [-0.05, 0) is 42.5 Å². The summed E-state index contributed by atoms with van der Waals surface area (Å²) >= 11 is 0. The number of hydrogen-bond donors (Lipinski definition) is 3. The van der Waals surface area contributed by atoms with Crippen LogP contribution in [0.5, 0.6) is 5.75 Å². The predicted molar refractivity (Wildman–Crippen MR) is 169 cm³/mol. The molecule has 1 heterocycles. The van der Waals surface area contributed by atoms with Gasteiger partial charge in [-0.25, -0.2) is 0 Å². The molecule has 0 bridgehead atoms. The van der Waals surface area contributed by atoms with Gasteiger partial charge in [0.05, 0.1) is 18.6 Å². The van der Waals surface area contributed by atoms with Crippen LogP contribution in [0.4, 0.5) is 0 Å². The number of likely N-dealkylation sites (N-methyl/N-ethyl adjacent to an activating group) is 1. The number of amides is 4. The Morgan fingerprint density at radius 1 is 0.841 bits per heavy atom. The summed E-state index contributed by atoms with van der Waals surface area (Å²) in [5.74, 6) is -1.29. The Morgan fingerprint density at radius 3 is 2.25 bits per heavy atom. The summed E-state index contributed by atoms with van der Waals surface area (Å²) in [6.45, 7) is 1.33. The van der Waals surface area contributed by atoms with Gasteiger partial charge in [-0.2, -0.15) is 0 Å². The highest BCUT2D eigenvalue weighted by Crippen LogP contribution is 2.19. The topological polar surface area (TPSA) is 117 Å². The third-order valence-electron chi connectivity index (χ3n) is 7.64. The Bertz CT molecular complexity index is 1380. The molecular formula is C35H42N4O5. The predicted octanol–water partition coefficient (Wildman–Crippen LogP) is 3.67. The lowest BCUT2D eigenvalue weighted by Crippen LogP contribution is -2.53. The average Bonchev–Trinajstić information content (AvgIpc) is 3.04. The van der Waals surface area contributed by atoms with Crippen molar-refractivity contribution in [3.05, 3.63) is 102 Å². The molecule has 4 rings (SSSR count). The van der Waals surface area contributed by atoms with E-state index in [1.54, 1.807) is 36.2 Å². The number of carbonyl (C=O) groups is 4. The van der Waals surface area contributed by atoms with Crippen LogP contribution in [0.2, 0.25) is 0 Å². The van der Waals surface area contributed by atoms with E-state index in [2.05, 4.69) is 16.0 Å². The second kappa shape index (κ2) is 16.8. The van der Waals surface area contributed by atoms with Crippen LogP contribution in [0.25, 0.3) is 0 Å². The summed E-state index contributed by atoms with van der Waals surface area (Å²) in [6.07, 6.45) is 4.00. The molecule has 232 valence electrons. The first-order chi connectivity index (χ1) is 21.4. The summed E-state index contributed by atoms with van der Waals surface area (Å²) in [7, 11) is 1.74. The number of nitrogens with one attached hydrogen (secondary N) is 3. The van der Waals surface area contributed by atoms with Crippen molar-refractivity contribution in [1.82, 2.24) is 20.9 Å². The van der Waals surface area contributed by atoms with E-state index in [0.717, 1.165) is 36.8 Å². The molecule has 3 aromatic carbocycles. The lowest BCUT2D eigenvalue weighted by Gasteiger charge is -2.26. The quantitative estimate of drug-likeness (QED) is 0.401. The van der Waals surface area contributed by atoms with Crippen molar-refractivity contribution in [3.8, 4) is 5.75 Å². The van der Waals surface area contributed by atoms with Crippen LogP contribution in [0.15, 0.2) is 84.9 Å². The average molecular weight is 599 g/mol. The van der Waals surface area contributed by atoms with E-state index < -0.39 is 29.8 Å². The zero-order valence-corrected chi connectivity index (χ0v) is 25.3. The van der Waals surface area contributed by atoms with Gasteiger partial charge < -0.3 is 25.6 Å². The van der Waals surface area contributed by atoms with Gasteiger partial charge in [0.1, 0.15) is 17.8 Å². The molecule has 9 nitrogen and oxygen atoms in total. The summed E-state index contributed by atoms with van der Waals surface area (Å²) in [5.41, 5.74) is 2.24. The summed E-state index contributed by atoms with van der Waals surface area (Å²) in [6, 6.07) is 24.1. The lowest BCUT2D eigenvalue weighted by atomic mass is 10.0. The third kappa shape index (κ3) is 9.97. The fourth-order valence-electron chi connectivity index (χ4n) is 5.17. The van der Waals surface area contributed by atoms with Crippen LogP contribution >= 0.6 is 0 Å². The second-order valence-electron chi connectivity index (χ2n) is 11.1. The second-order valence-corrected chi connectivity index (χ2v) is 11.1. The molecule has 4 amide bonds. The number of ether oxygens (including phenoxy) is 1. The third-order valence-corrected chi connectivity index (χ3v) is 7.64. The summed E-state index contributed by atoms with van der Waals surface area (Å²) in [4.78, 5) is 55.5. The van der Waals surface area contributed by atoms with Crippen LogP contribution in [0, 0.1) is 0 Å². The van der Waals surface area contributed by atoms with Gasteiger partial charge in [-0.3, -0.25) is 19.2 Å². The molecule has 0 fully saturated rings. The molecule has 0 saturated heterocycles. The van der Waals surface area contributed by atoms with Crippen molar-refractivity contribution < 1.29 is 23.9 Å². The van der Waals surface area contributed by atoms with Crippen LogP contribution in [-0.2, 0) is 27.2 Å². The van der Waals surface area contributed by atoms with E-state index >= 15 is 0 Å². The number of hydrogen-bond acceptors (Lipinski definition) is 5. The van der Waals surface area contributed by atoms with Crippen molar-refractivity contribution in [2.24, 2.45) is 0 Å². The van der Waals surface area contributed by atoms with Crippen LogP contribution in [0.3, 0.4) is 0 Å². The smallest absolute Gasteiger partial charge is 0.255 e. The monoisotopic (exact) mass is 598 g/mol. The maximum Gasteiger partial charge on any atom is 0.255 e. The molecule has 44 heavy (non-hydrogen) atoms. The molecule has 0 radical (unpaired) electrons. The van der Waals surface area contributed by atoms with E-state index in [1.807, 2.05) is 60.7 Å². The fraction of sp³-hybridized carbons (Fsp3) is 0.371. The Hall–Kier alpha value is -4.66. The van der Waals surface area contributed by atoms with Crippen molar-refractivity contribution in [1.29, 1.82) is 0 Å². The lowest BCUT2D eigenvalue weighted by molar-refractivity contribution is -0.136. The van der Waals surface area contributed by atoms with Gasteiger partial charge in [0, 0.05) is 26.6 Å². The van der Waals surface area contributed by atoms with E-state index in [0.29, 0.717) is 38.3 Å². The first-order valence-corrected chi connectivity index (χ1v) is 15.3. The standard InChI is InChI=1S/C35H42N4O5/c1-39-22-12-2-3-13-23-44-31-19-11-10-18-28(31)33(41)38-29(34(42)36-21-20-26-14-6-4-7-15-26)25-32(40)37-30(35(39)43)24-27-16-8-5-9-17-27/h4-11,14-19,29-30H,2-3,12-13,20-25H2,1H3,(H,36,42)(H,37,40)(H,38,41)/t29-,30-/m0/s1. The molecule has 3 aromatic rings. The molecule has 0 aromatic heterocycles. The number of carbonyl (C=O) groups excluding carboxylic acids is 4. The number of fused-ring (bicyclic) bond motifs is 1. The van der Waals surface area contributed by atoms with Crippen molar-refractivity contribution in [2.75, 3.05) is 26.7 Å². The van der Waals surface area contributed by atoms with Crippen molar-refractivity contribution in [2.45, 2.75) is 57.0 Å².